The van der Waals surface area contributed by atoms with Crippen LogP contribution in [0.25, 0.3) is 0 Å². The molecule has 2 rings (SSSR count). The van der Waals surface area contributed by atoms with Crippen molar-refractivity contribution in [1.29, 1.82) is 0 Å². The molecule has 1 aliphatic heterocycles. The number of aryl methyl sites for hydroxylation is 2. The van der Waals surface area contributed by atoms with Crippen LogP contribution in [0.5, 0.6) is 0 Å². The van der Waals surface area contributed by atoms with Crippen molar-refractivity contribution in [3.8, 4) is 0 Å². The van der Waals surface area contributed by atoms with Gasteiger partial charge in [0.05, 0.1) is 0 Å². The van der Waals surface area contributed by atoms with Crippen molar-refractivity contribution in [2.45, 2.75) is 45.7 Å². The fourth-order valence-corrected chi connectivity index (χ4v) is 3.04. The molecular formula is C16H26N2. The Morgan fingerprint density at radius 1 is 1.33 bits per heavy atom. The number of nitrogens with one attached hydrogen (secondary N) is 1. The first-order chi connectivity index (χ1) is 8.63. The lowest BCUT2D eigenvalue weighted by atomic mass is 10.0. The van der Waals surface area contributed by atoms with E-state index in [1.54, 1.807) is 0 Å². The van der Waals surface area contributed by atoms with E-state index in [-0.39, 0.29) is 0 Å². The summed E-state index contributed by atoms with van der Waals surface area (Å²) in [4.78, 5) is 2.65. The quantitative estimate of drug-likeness (QED) is 0.878. The van der Waals surface area contributed by atoms with Gasteiger partial charge in [-0.2, -0.15) is 0 Å². The number of hydrogen-bond donors (Lipinski definition) is 1. The van der Waals surface area contributed by atoms with Crippen molar-refractivity contribution in [1.82, 2.24) is 10.2 Å². The Balaban J connectivity index is 2.14. The van der Waals surface area contributed by atoms with Crippen LogP contribution < -0.4 is 5.32 Å². The second kappa shape index (κ2) is 5.85. The summed E-state index contributed by atoms with van der Waals surface area (Å²) in [7, 11) is 2.05. The molecule has 1 aromatic carbocycles. The van der Waals surface area contributed by atoms with E-state index in [9.17, 15) is 0 Å². The van der Waals surface area contributed by atoms with Crippen molar-refractivity contribution in [2.24, 2.45) is 0 Å². The predicted molar refractivity (Wildman–Crippen MR) is 78.0 cm³/mol. The van der Waals surface area contributed by atoms with E-state index in [2.05, 4.69) is 56.2 Å². The summed E-state index contributed by atoms with van der Waals surface area (Å²) in [6.07, 6.45) is 2.66. The number of nitrogens with zero attached hydrogens (tertiary/aromatic N) is 1. The first-order valence-electron chi connectivity index (χ1n) is 7.11. The summed E-state index contributed by atoms with van der Waals surface area (Å²) < 4.78 is 0. The van der Waals surface area contributed by atoms with E-state index in [0.29, 0.717) is 12.1 Å². The SMILES string of the molecule is CNCC1CCCN1C(C)c1ccc(C)c(C)c1. The molecule has 0 radical (unpaired) electrons. The van der Waals surface area contributed by atoms with Crippen LogP contribution in [0.2, 0.25) is 0 Å². The number of likely N-dealkylation sites (N-methyl/N-ethyl adjacent to an activating group) is 1. The van der Waals surface area contributed by atoms with Gasteiger partial charge in [0.15, 0.2) is 0 Å². The van der Waals surface area contributed by atoms with Crippen LogP contribution in [0.3, 0.4) is 0 Å². The van der Waals surface area contributed by atoms with Gasteiger partial charge in [-0.05, 0) is 63.9 Å². The van der Waals surface area contributed by atoms with Crippen LogP contribution in [0, 0.1) is 13.8 Å². The number of rotatable bonds is 4. The lowest BCUT2D eigenvalue weighted by molar-refractivity contribution is 0.191. The van der Waals surface area contributed by atoms with Crippen LogP contribution >= 0.6 is 0 Å². The largest absolute Gasteiger partial charge is 0.318 e. The molecule has 18 heavy (non-hydrogen) atoms. The minimum atomic E-state index is 0.533. The van der Waals surface area contributed by atoms with Gasteiger partial charge in [0, 0.05) is 18.6 Å². The van der Waals surface area contributed by atoms with Crippen LogP contribution in [0.1, 0.15) is 42.5 Å². The van der Waals surface area contributed by atoms with Gasteiger partial charge in [-0.3, -0.25) is 4.90 Å². The molecule has 1 aromatic rings. The summed E-state index contributed by atoms with van der Waals surface area (Å²) in [6.45, 7) is 9.08. The third-order valence-electron chi connectivity index (χ3n) is 4.37. The normalized spacial score (nSPS) is 22.3. The van der Waals surface area contributed by atoms with E-state index in [1.807, 2.05) is 0 Å². The minimum Gasteiger partial charge on any atom is -0.318 e. The predicted octanol–water partition coefficient (Wildman–Crippen LogP) is 3.05. The molecule has 1 N–H and O–H groups in total. The average Bonchev–Trinajstić information content (AvgIpc) is 2.80. The highest BCUT2D eigenvalue weighted by atomic mass is 15.2. The summed E-state index contributed by atoms with van der Waals surface area (Å²) in [5.74, 6) is 0. The zero-order valence-electron chi connectivity index (χ0n) is 12.2. The van der Waals surface area contributed by atoms with Gasteiger partial charge >= 0.3 is 0 Å². The van der Waals surface area contributed by atoms with E-state index in [0.717, 1.165) is 6.54 Å². The molecule has 1 heterocycles. The van der Waals surface area contributed by atoms with E-state index in [4.69, 9.17) is 0 Å². The van der Waals surface area contributed by atoms with Crippen molar-refractivity contribution in [3.05, 3.63) is 34.9 Å². The Kier molecular flexibility index (Phi) is 4.41. The monoisotopic (exact) mass is 246 g/mol. The maximum atomic E-state index is 3.32. The molecule has 0 saturated carbocycles. The van der Waals surface area contributed by atoms with Crippen LogP contribution in [0.4, 0.5) is 0 Å². The van der Waals surface area contributed by atoms with Gasteiger partial charge in [0.2, 0.25) is 0 Å². The van der Waals surface area contributed by atoms with Gasteiger partial charge in [0.1, 0.15) is 0 Å². The molecule has 0 spiro atoms. The van der Waals surface area contributed by atoms with Crippen molar-refractivity contribution in [3.63, 3.8) is 0 Å². The number of likely N-dealkylation sites (tertiary alicyclic amines) is 1. The maximum absolute atomic E-state index is 3.32. The molecule has 0 aliphatic carbocycles. The van der Waals surface area contributed by atoms with Gasteiger partial charge < -0.3 is 5.32 Å². The first-order valence-corrected chi connectivity index (χ1v) is 7.11. The van der Waals surface area contributed by atoms with Gasteiger partial charge in [0.25, 0.3) is 0 Å². The second-order valence-corrected chi connectivity index (χ2v) is 5.61. The Labute approximate surface area is 111 Å². The zero-order chi connectivity index (χ0) is 13.1. The average molecular weight is 246 g/mol. The number of benzene rings is 1. The smallest absolute Gasteiger partial charge is 0.0323 e. The fourth-order valence-electron chi connectivity index (χ4n) is 3.04. The standard InChI is InChI=1S/C16H26N2/c1-12-7-8-15(10-13(12)2)14(3)18-9-5-6-16(18)11-17-4/h7-8,10,14,16-17H,5-6,9,11H2,1-4H3. The van der Waals surface area contributed by atoms with Gasteiger partial charge in [-0.25, -0.2) is 0 Å². The highest BCUT2D eigenvalue weighted by Crippen LogP contribution is 2.29. The van der Waals surface area contributed by atoms with Crippen LogP contribution in [-0.2, 0) is 0 Å². The Bertz CT molecular complexity index is 400. The van der Waals surface area contributed by atoms with Gasteiger partial charge in [-0.1, -0.05) is 18.2 Å². The minimum absolute atomic E-state index is 0.533. The molecule has 2 unspecified atom stereocenters. The van der Waals surface area contributed by atoms with Gasteiger partial charge in [-0.15, -0.1) is 0 Å². The third-order valence-corrected chi connectivity index (χ3v) is 4.37. The highest BCUT2D eigenvalue weighted by molar-refractivity contribution is 5.31. The van der Waals surface area contributed by atoms with Crippen LogP contribution in [0.15, 0.2) is 18.2 Å². The summed E-state index contributed by atoms with van der Waals surface area (Å²) >= 11 is 0. The summed E-state index contributed by atoms with van der Waals surface area (Å²) in [6, 6.07) is 8.14. The lowest BCUT2D eigenvalue weighted by Crippen LogP contribution is -2.38. The molecule has 0 aromatic heterocycles. The van der Waals surface area contributed by atoms with Crippen molar-refractivity contribution in [2.75, 3.05) is 20.1 Å². The topological polar surface area (TPSA) is 15.3 Å². The maximum Gasteiger partial charge on any atom is 0.0323 e. The Hall–Kier alpha value is -0.860. The van der Waals surface area contributed by atoms with Crippen LogP contribution in [-0.4, -0.2) is 31.1 Å². The highest BCUT2D eigenvalue weighted by Gasteiger charge is 2.28. The van der Waals surface area contributed by atoms with E-state index >= 15 is 0 Å². The summed E-state index contributed by atoms with van der Waals surface area (Å²) in [5, 5.41) is 3.32. The molecule has 0 bridgehead atoms. The third kappa shape index (κ3) is 2.76. The van der Waals surface area contributed by atoms with E-state index in [1.165, 1.54) is 36.1 Å². The number of hydrogen-bond acceptors (Lipinski definition) is 2. The molecule has 1 saturated heterocycles. The fraction of sp³-hybridized carbons (Fsp3) is 0.625. The Morgan fingerprint density at radius 3 is 2.78 bits per heavy atom. The lowest BCUT2D eigenvalue weighted by Gasteiger charge is -2.31. The summed E-state index contributed by atoms with van der Waals surface area (Å²) in [5.41, 5.74) is 4.25. The molecule has 2 atom stereocenters. The van der Waals surface area contributed by atoms with Crippen molar-refractivity contribution < 1.29 is 0 Å². The molecular weight excluding hydrogens is 220 g/mol. The van der Waals surface area contributed by atoms with Crippen molar-refractivity contribution >= 4 is 0 Å². The second-order valence-electron chi connectivity index (χ2n) is 5.61. The molecule has 100 valence electrons. The first kappa shape index (κ1) is 13.6. The molecule has 2 heteroatoms. The van der Waals surface area contributed by atoms with E-state index < -0.39 is 0 Å². The molecule has 0 amide bonds. The molecule has 2 nitrogen and oxygen atoms in total. The zero-order valence-corrected chi connectivity index (χ0v) is 12.2. The molecule has 1 fully saturated rings. The Morgan fingerprint density at radius 2 is 2.11 bits per heavy atom. The molecule has 1 aliphatic rings.